The highest BCUT2D eigenvalue weighted by Crippen LogP contribution is 2.14. The van der Waals surface area contributed by atoms with E-state index in [0.29, 0.717) is 23.9 Å². The maximum Gasteiger partial charge on any atom is 0.408 e. The van der Waals surface area contributed by atoms with Crippen molar-refractivity contribution < 1.29 is 34.8 Å². The van der Waals surface area contributed by atoms with Crippen LogP contribution in [0.3, 0.4) is 0 Å². The zero-order chi connectivity index (χ0) is 50.0. The molecule has 372 valence electrons. The number of rotatable bonds is 12. The Morgan fingerprint density at radius 2 is 1.00 bits per heavy atom. The molecular formula is C40H56BrClN14O8S4. The van der Waals surface area contributed by atoms with Gasteiger partial charge in [-0.05, 0) is 42.5 Å². The number of ether oxygens (including phenoxy) is 1. The number of aryl methyl sites for hydroxylation is 1. The number of nitriles is 2. The Bertz CT molecular complexity index is 2600. The third kappa shape index (κ3) is 25.1. The van der Waals surface area contributed by atoms with Crippen molar-refractivity contribution in [1.29, 1.82) is 10.5 Å². The summed E-state index contributed by atoms with van der Waals surface area (Å²) in [7, 11) is -9.64. The number of hydrogen-bond acceptors (Lipinski definition) is 22. The van der Waals surface area contributed by atoms with Gasteiger partial charge in [-0.3, -0.25) is 0 Å². The van der Waals surface area contributed by atoms with Gasteiger partial charge in [0.2, 0.25) is 11.6 Å². The lowest BCUT2D eigenvalue weighted by Gasteiger charge is -2.19. The van der Waals surface area contributed by atoms with Crippen LogP contribution in [0.5, 0.6) is 0 Å². The summed E-state index contributed by atoms with van der Waals surface area (Å²) in [6.45, 7) is 14.3. The first-order valence-electron chi connectivity index (χ1n) is 19.5. The molecule has 0 fully saturated rings. The number of nitrogens with two attached hydrogens (primary N) is 1. The number of aromatic nitrogens is 10. The van der Waals surface area contributed by atoms with Crippen LogP contribution in [0.15, 0.2) is 86.0 Å². The Morgan fingerprint density at radius 1 is 0.647 bits per heavy atom. The molecule has 0 aliphatic rings. The molecule has 22 nitrogen and oxygen atoms in total. The monoisotopic (exact) mass is 1100 g/mol. The molecule has 0 saturated carbocycles. The highest BCUT2D eigenvalue weighted by molar-refractivity contribution is 9.10. The van der Waals surface area contributed by atoms with Crippen LogP contribution in [0, 0.1) is 22.7 Å². The first kappa shape index (κ1) is 64.7. The molecule has 0 aliphatic carbocycles. The van der Waals surface area contributed by atoms with Crippen molar-refractivity contribution in [3.63, 3.8) is 0 Å². The normalized spacial score (nSPS) is 10.5. The van der Waals surface area contributed by atoms with Crippen molar-refractivity contribution >= 4 is 75.7 Å². The quantitative estimate of drug-likeness (QED) is 0.146. The standard InChI is InChI=1S/C12H19N3O4S.C8H12N2O2S.C7H11N3O2S.C7H7N3S.C5H2BrN3.CH4.ClH/c1-5-20(17,18)9-6-13-10(14-7-9)8-15-11(16)19-12(2,3)4;1-3-8-9-5-7(6-10-8)13(11,12)4-2;1-2-13(11,12)6-4-9-7(3-8)10-5-6;1-2-11-6-4-9-7(3-8)10-5-6;6-4-2-8-5(1-7)9-3-4;;/h6-7H,5,8H2,1-4H3,(H,15,16);5-6H,3-4H2,1-2H3;4-5H,2-3,8H2,1H3;4-5H,2H2,1H3;2-3H;1H4;1H. The van der Waals surface area contributed by atoms with Gasteiger partial charge in [-0.15, -0.1) is 24.2 Å². The van der Waals surface area contributed by atoms with Gasteiger partial charge in [0.1, 0.15) is 49.9 Å². The number of hydrogen-bond donors (Lipinski definition) is 2. The highest BCUT2D eigenvalue weighted by Gasteiger charge is 2.17. The number of thioether (sulfide) groups is 1. The molecule has 3 N–H and O–H groups in total. The van der Waals surface area contributed by atoms with E-state index in [0.717, 1.165) is 15.1 Å². The van der Waals surface area contributed by atoms with Gasteiger partial charge in [0.05, 0.1) is 34.8 Å². The van der Waals surface area contributed by atoms with E-state index in [1.165, 1.54) is 49.6 Å². The minimum atomic E-state index is -3.31. The van der Waals surface area contributed by atoms with E-state index in [2.05, 4.69) is 78.0 Å². The van der Waals surface area contributed by atoms with Crippen molar-refractivity contribution in [2.45, 2.75) is 108 Å². The second-order valence-corrected chi connectivity index (χ2v) is 22.3. The van der Waals surface area contributed by atoms with E-state index in [1.54, 1.807) is 65.7 Å². The molecule has 0 aliphatic heterocycles. The van der Waals surface area contributed by atoms with Gasteiger partial charge in [-0.2, -0.15) is 10.5 Å². The Kier molecular flexibility index (Phi) is 30.8. The molecular weight excluding hydrogens is 1050 g/mol. The number of amides is 1. The zero-order valence-corrected chi connectivity index (χ0v) is 43.5. The summed E-state index contributed by atoms with van der Waals surface area (Å²) in [6.07, 6.45) is 14.3. The van der Waals surface area contributed by atoms with Gasteiger partial charge >= 0.3 is 6.09 Å². The van der Waals surface area contributed by atoms with Crippen LogP contribution in [0.4, 0.5) is 4.79 Å². The number of nitrogens with zero attached hydrogens (tertiary/aromatic N) is 12. The molecule has 5 aromatic heterocycles. The molecule has 0 unspecified atom stereocenters. The van der Waals surface area contributed by atoms with Gasteiger partial charge in [-0.25, -0.2) is 79.9 Å². The summed E-state index contributed by atoms with van der Waals surface area (Å²) in [6, 6.07) is 3.68. The Hall–Kier alpha value is -5.42. The van der Waals surface area contributed by atoms with E-state index in [9.17, 15) is 30.0 Å². The number of carbonyl (C=O) groups excluding carboxylic acids is 1. The van der Waals surface area contributed by atoms with Crippen molar-refractivity contribution in [2.75, 3.05) is 23.0 Å². The minimum absolute atomic E-state index is 0. The van der Waals surface area contributed by atoms with Crippen LogP contribution in [0.1, 0.15) is 91.9 Å². The lowest BCUT2D eigenvalue weighted by molar-refractivity contribution is 0.0522. The number of carbonyl (C=O) groups is 1. The SMILES string of the molecule is C.CCS(=O)(=O)c1cnc(CN)nc1.CCS(=O)(=O)c1cnc(CNC(=O)OC(C)(C)C)nc1.CCSc1cnc(C#N)nc1.CCc1ncc(S(=O)(=O)CC)cn1.Cl.N#Cc1ncc(Br)cn1. The van der Waals surface area contributed by atoms with Gasteiger partial charge < -0.3 is 15.8 Å². The smallest absolute Gasteiger partial charge is 0.408 e. The Morgan fingerprint density at radius 3 is 1.31 bits per heavy atom. The predicted octanol–water partition coefficient (Wildman–Crippen LogP) is 5.49. The first-order chi connectivity index (χ1) is 31.0. The molecule has 0 radical (unpaired) electrons. The van der Waals surface area contributed by atoms with E-state index in [4.69, 9.17) is 21.0 Å². The maximum absolute atomic E-state index is 11.6. The third-order valence-electron chi connectivity index (χ3n) is 7.31. The summed E-state index contributed by atoms with van der Waals surface area (Å²) in [4.78, 5) is 51.1. The van der Waals surface area contributed by atoms with Crippen LogP contribution >= 0.6 is 40.1 Å². The van der Waals surface area contributed by atoms with Crippen LogP contribution in [0.25, 0.3) is 0 Å². The van der Waals surface area contributed by atoms with E-state index in [-0.39, 0.29) is 76.5 Å². The minimum Gasteiger partial charge on any atom is -0.444 e. The van der Waals surface area contributed by atoms with Crippen LogP contribution in [-0.2, 0) is 53.8 Å². The van der Waals surface area contributed by atoms with E-state index >= 15 is 0 Å². The van der Waals surface area contributed by atoms with Gasteiger partial charge in [0.25, 0.3) is 0 Å². The summed E-state index contributed by atoms with van der Waals surface area (Å²) in [5.41, 5.74) is 4.69. The molecule has 0 atom stereocenters. The lowest BCUT2D eigenvalue weighted by Crippen LogP contribution is -2.32. The fraction of sp³-hybridized carbons (Fsp3) is 0.425. The van der Waals surface area contributed by atoms with Crippen molar-refractivity contribution in [3.8, 4) is 12.1 Å². The van der Waals surface area contributed by atoms with Gasteiger partial charge in [-0.1, -0.05) is 42.0 Å². The predicted molar refractivity (Wildman–Crippen MR) is 261 cm³/mol. The maximum atomic E-state index is 11.6. The lowest BCUT2D eigenvalue weighted by atomic mass is 10.2. The molecule has 28 heteroatoms. The summed E-state index contributed by atoms with van der Waals surface area (Å²) in [5.74, 6) is 2.96. The highest BCUT2D eigenvalue weighted by atomic mass is 79.9. The molecule has 5 aromatic rings. The number of nitrogens with one attached hydrogen (secondary N) is 1. The van der Waals surface area contributed by atoms with Crippen molar-refractivity contribution in [3.05, 3.63) is 95.6 Å². The fourth-order valence-electron chi connectivity index (χ4n) is 3.84. The van der Waals surface area contributed by atoms with Gasteiger partial charge in [0, 0.05) is 73.3 Å². The number of sulfone groups is 3. The average molecular weight is 1100 g/mol. The Labute approximate surface area is 417 Å². The second kappa shape index (κ2) is 32.4. The van der Waals surface area contributed by atoms with Gasteiger partial charge in [0.15, 0.2) is 29.5 Å². The molecule has 0 spiro atoms. The largest absolute Gasteiger partial charge is 0.444 e. The molecule has 68 heavy (non-hydrogen) atoms. The summed E-state index contributed by atoms with van der Waals surface area (Å²) >= 11 is 4.80. The third-order valence-corrected chi connectivity index (χ3v) is 13.6. The molecule has 5 heterocycles. The molecule has 1 amide bonds. The Balaban J connectivity index is 0. The van der Waals surface area contributed by atoms with Crippen LogP contribution in [0.2, 0.25) is 0 Å². The zero-order valence-electron chi connectivity index (χ0n) is 37.9. The van der Waals surface area contributed by atoms with E-state index < -0.39 is 41.2 Å². The summed E-state index contributed by atoms with van der Waals surface area (Å²) < 4.78 is 74.2. The van der Waals surface area contributed by atoms with E-state index in [1.807, 2.05) is 19.1 Å². The number of halogens is 2. The first-order valence-corrected chi connectivity index (χ1v) is 26.3. The molecule has 0 saturated heterocycles. The molecule has 0 bridgehead atoms. The molecule has 0 aromatic carbocycles. The van der Waals surface area contributed by atoms with Crippen LogP contribution in [-0.4, -0.2) is 110 Å². The van der Waals surface area contributed by atoms with Crippen molar-refractivity contribution in [2.24, 2.45) is 5.73 Å². The molecule has 5 rings (SSSR count). The van der Waals surface area contributed by atoms with Crippen LogP contribution < -0.4 is 11.1 Å². The summed E-state index contributed by atoms with van der Waals surface area (Å²) in [5, 5.41) is 19.1. The second-order valence-electron chi connectivity index (χ2n) is 13.3. The fourth-order valence-corrected chi connectivity index (χ4v) is 6.91. The average Bonchev–Trinajstić information content (AvgIpc) is 3.32. The topological polar surface area (TPSA) is 343 Å². The van der Waals surface area contributed by atoms with Crippen molar-refractivity contribution in [1.82, 2.24) is 55.2 Å². The number of alkyl carbamates (subject to hydrolysis) is 1.